The summed E-state index contributed by atoms with van der Waals surface area (Å²) in [6, 6.07) is 13.6. The second kappa shape index (κ2) is 9.96. The minimum Gasteiger partial charge on any atom is -0.488 e. The number of halogens is 2. The highest BCUT2D eigenvalue weighted by Gasteiger charge is 2.09. The molecule has 0 atom stereocenters. The second-order valence-electron chi connectivity index (χ2n) is 6.03. The van der Waals surface area contributed by atoms with Crippen molar-refractivity contribution in [2.24, 2.45) is 0 Å². The second-order valence-corrected chi connectivity index (χ2v) is 7.38. The first-order valence-corrected chi connectivity index (χ1v) is 9.88. The van der Waals surface area contributed by atoms with Gasteiger partial charge in [-0.25, -0.2) is 4.79 Å². The third kappa shape index (κ3) is 5.86. The van der Waals surface area contributed by atoms with Crippen LogP contribution in [0.4, 0.5) is 0 Å². The summed E-state index contributed by atoms with van der Waals surface area (Å²) in [6.07, 6.45) is 4.44. The van der Waals surface area contributed by atoms with Gasteiger partial charge in [0.05, 0.1) is 12.6 Å². The van der Waals surface area contributed by atoms with Crippen LogP contribution in [0, 0.1) is 11.3 Å². The lowest BCUT2D eigenvalue weighted by Crippen LogP contribution is -2.30. The van der Waals surface area contributed by atoms with E-state index in [-0.39, 0.29) is 13.2 Å². The number of aromatic amines is 1. The number of allylic oxidation sites excluding steroid dienone is 1. The molecule has 0 amide bonds. The van der Waals surface area contributed by atoms with E-state index < -0.39 is 11.2 Å². The molecule has 1 N–H and O–H groups in total. The first-order chi connectivity index (χ1) is 14.4. The maximum Gasteiger partial charge on any atom is 0.328 e. The SMILES string of the molecule is N#C/C=C/c1cc(Br)cc(Oc2ccc(Cl)cc2OCCn2ccc(=O)[nH]c2=O)c1. The number of nitrogens with one attached hydrogen (secondary N) is 1. The highest BCUT2D eigenvalue weighted by molar-refractivity contribution is 9.10. The number of benzene rings is 2. The van der Waals surface area contributed by atoms with Crippen LogP contribution in [0.3, 0.4) is 0 Å². The van der Waals surface area contributed by atoms with Gasteiger partial charge in [0.1, 0.15) is 12.4 Å². The molecule has 3 aromatic rings. The van der Waals surface area contributed by atoms with Gasteiger partial charge in [0.2, 0.25) is 0 Å². The van der Waals surface area contributed by atoms with Gasteiger partial charge in [0, 0.05) is 33.9 Å². The molecule has 0 aliphatic carbocycles. The smallest absolute Gasteiger partial charge is 0.328 e. The Labute approximate surface area is 184 Å². The van der Waals surface area contributed by atoms with Gasteiger partial charge in [0.15, 0.2) is 11.5 Å². The van der Waals surface area contributed by atoms with Crippen LogP contribution in [-0.4, -0.2) is 16.2 Å². The van der Waals surface area contributed by atoms with Crippen molar-refractivity contribution in [1.82, 2.24) is 9.55 Å². The largest absolute Gasteiger partial charge is 0.488 e. The van der Waals surface area contributed by atoms with Crippen molar-refractivity contribution >= 4 is 33.6 Å². The third-order valence-corrected chi connectivity index (χ3v) is 4.56. The molecular formula is C21H15BrClN3O4. The van der Waals surface area contributed by atoms with Crippen molar-refractivity contribution in [3.05, 3.63) is 90.6 Å². The van der Waals surface area contributed by atoms with Gasteiger partial charge in [-0.2, -0.15) is 5.26 Å². The molecule has 0 spiro atoms. The zero-order chi connectivity index (χ0) is 21.5. The summed E-state index contributed by atoms with van der Waals surface area (Å²) in [5.74, 6) is 1.36. The molecule has 2 aromatic carbocycles. The molecule has 0 fully saturated rings. The normalized spacial score (nSPS) is 10.7. The van der Waals surface area contributed by atoms with E-state index in [1.54, 1.807) is 36.4 Å². The summed E-state index contributed by atoms with van der Waals surface area (Å²) >= 11 is 9.51. The van der Waals surface area contributed by atoms with Crippen LogP contribution in [0.1, 0.15) is 5.56 Å². The minimum absolute atomic E-state index is 0.150. The first kappa shape index (κ1) is 21.4. The molecule has 0 radical (unpaired) electrons. The fourth-order valence-corrected chi connectivity index (χ4v) is 3.21. The summed E-state index contributed by atoms with van der Waals surface area (Å²) in [5, 5.41) is 9.18. The molecule has 0 unspecified atom stereocenters. The van der Waals surface area contributed by atoms with Crippen molar-refractivity contribution in [2.45, 2.75) is 6.54 Å². The van der Waals surface area contributed by atoms with Gasteiger partial charge in [-0.1, -0.05) is 27.5 Å². The molecule has 9 heteroatoms. The Balaban J connectivity index is 1.78. The fraction of sp³-hybridized carbons (Fsp3) is 0.0952. The third-order valence-electron chi connectivity index (χ3n) is 3.86. The summed E-state index contributed by atoms with van der Waals surface area (Å²) in [5.41, 5.74) is -0.184. The summed E-state index contributed by atoms with van der Waals surface area (Å²) in [7, 11) is 0. The van der Waals surface area contributed by atoms with Crippen LogP contribution in [0.25, 0.3) is 6.08 Å². The van der Waals surface area contributed by atoms with E-state index in [1.807, 2.05) is 12.1 Å². The maximum atomic E-state index is 11.8. The highest BCUT2D eigenvalue weighted by Crippen LogP contribution is 2.35. The zero-order valence-corrected chi connectivity index (χ0v) is 17.8. The molecular weight excluding hydrogens is 474 g/mol. The van der Waals surface area contributed by atoms with E-state index in [2.05, 4.69) is 20.9 Å². The Hall–Kier alpha value is -3.28. The minimum atomic E-state index is -0.513. The number of aromatic nitrogens is 2. The number of nitrogens with zero attached hydrogens (tertiary/aromatic N) is 2. The number of nitriles is 1. The standard InChI is InChI=1S/C21H15BrClN3O4/c22-15-10-14(2-1-6-24)11-17(12-15)30-18-4-3-16(23)13-19(18)29-9-8-26-7-5-20(27)25-21(26)28/h1-5,7,10-13H,8-9H2,(H,25,27,28)/b2-1+. The van der Waals surface area contributed by atoms with Crippen LogP contribution in [0.5, 0.6) is 17.2 Å². The molecule has 30 heavy (non-hydrogen) atoms. The molecule has 0 saturated carbocycles. The van der Waals surface area contributed by atoms with E-state index >= 15 is 0 Å². The lowest BCUT2D eigenvalue weighted by atomic mass is 10.2. The van der Waals surface area contributed by atoms with Crippen molar-refractivity contribution in [1.29, 1.82) is 5.26 Å². The molecule has 1 heterocycles. The quantitative estimate of drug-likeness (QED) is 0.498. The molecule has 0 saturated heterocycles. The maximum absolute atomic E-state index is 11.8. The van der Waals surface area contributed by atoms with Crippen molar-refractivity contribution < 1.29 is 9.47 Å². The Morgan fingerprint density at radius 2 is 2.00 bits per heavy atom. The lowest BCUT2D eigenvalue weighted by Gasteiger charge is -2.14. The predicted molar refractivity (Wildman–Crippen MR) is 117 cm³/mol. The van der Waals surface area contributed by atoms with Crippen molar-refractivity contribution in [3.63, 3.8) is 0 Å². The average Bonchev–Trinajstić information content (AvgIpc) is 2.69. The molecule has 0 aliphatic heterocycles. The molecule has 1 aromatic heterocycles. The van der Waals surface area contributed by atoms with E-state index in [4.69, 9.17) is 26.3 Å². The van der Waals surface area contributed by atoms with Crippen LogP contribution in [0.2, 0.25) is 5.02 Å². The van der Waals surface area contributed by atoms with Gasteiger partial charge < -0.3 is 9.47 Å². The molecule has 7 nitrogen and oxygen atoms in total. The number of rotatable bonds is 7. The van der Waals surface area contributed by atoms with Gasteiger partial charge in [-0.3, -0.25) is 14.3 Å². The number of hydrogen-bond acceptors (Lipinski definition) is 5. The summed E-state index contributed by atoms with van der Waals surface area (Å²) in [6.45, 7) is 0.374. The molecule has 3 rings (SSSR count). The molecule has 0 bridgehead atoms. The van der Waals surface area contributed by atoms with Crippen LogP contribution in [0.15, 0.2) is 68.8 Å². The van der Waals surface area contributed by atoms with Gasteiger partial charge in [-0.15, -0.1) is 0 Å². The van der Waals surface area contributed by atoms with Crippen molar-refractivity contribution in [2.75, 3.05) is 6.61 Å². The Bertz CT molecular complexity index is 1240. The topological polar surface area (TPSA) is 97.1 Å². The van der Waals surface area contributed by atoms with E-state index in [9.17, 15) is 9.59 Å². The molecule has 0 aliphatic rings. The number of hydrogen-bond donors (Lipinski definition) is 1. The monoisotopic (exact) mass is 487 g/mol. The first-order valence-electron chi connectivity index (χ1n) is 8.71. The Kier molecular flexibility index (Phi) is 7.12. The Morgan fingerprint density at radius 3 is 2.77 bits per heavy atom. The molecule has 152 valence electrons. The predicted octanol–water partition coefficient (Wildman–Crippen LogP) is 4.36. The van der Waals surface area contributed by atoms with Gasteiger partial charge >= 0.3 is 5.69 Å². The highest BCUT2D eigenvalue weighted by atomic mass is 79.9. The van der Waals surface area contributed by atoms with E-state index in [0.717, 1.165) is 10.0 Å². The van der Waals surface area contributed by atoms with Crippen LogP contribution < -0.4 is 20.7 Å². The van der Waals surface area contributed by atoms with Crippen LogP contribution in [-0.2, 0) is 6.54 Å². The number of ether oxygens (including phenoxy) is 2. The average molecular weight is 489 g/mol. The van der Waals surface area contributed by atoms with Gasteiger partial charge in [0.25, 0.3) is 5.56 Å². The summed E-state index contributed by atoms with van der Waals surface area (Å²) in [4.78, 5) is 25.1. The van der Waals surface area contributed by atoms with Gasteiger partial charge in [-0.05, 0) is 42.0 Å². The summed E-state index contributed by atoms with van der Waals surface area (Å²) < 4.78 is 13.8. The van der Waals surface area contributed by atoms with Crippen LogP contribution >= 0.6 is 27.5 Å². The zero-order valence-electron chi connectivity index (χ0n) is 15.5. The lowest BCUT2D eigenvalue weighted by molar-refractivity contribution is 0.283. The Morgan fingerprint density at radius 1 is 1.17 bits per heavy atom. The van der Waals surface area contributed by atoms with Crippen molar-refractivity contribution in [3.8, 4) is 23.3 Å². The number of H-pyrrole nitrogens is 1. The van der Waals surface area contributed by atoms with E-state index in [1.165, 1.54) is 22.9 Å². The van der Waals surface area contributed by atoms with E-state index in [0.29, 0.717) is 22.3 Å². The fourth-order valence-electron chi connectivity index (χ4n) is 2.55.